The summed E-state index contributed by atoms with van der Waals surface area (Å²) in [6.45, 7) is 12.0. The van der Waals surface area contributed by atoms with Crippen molar-refractivity contribution >= 4 is 23.8 Å². The Bertz CT molecular complexity index is 831. The van der Waals surface area contributed by atoms with E-state index in [-0.39, 0.29) is 0 Å². The van der Waals surface area contributed by atoms with E-state index in [4.69, 9.17) is 23.1 Å². The first-order valence-electron chi connectivity index (χ1n) is 11.7. The maximum Gasteiger partial charge on any atom is 0.207 e. The molecule has 0 aliphatic rings. The lowest BCUT2D eigenvalue weighted by molar-refractivity contribution is 0.202. The first kappa shape index (κ1) is 27.5. The normalized spacial score (nSPS) is 12.8. The van der Waals surface area contributed by atoms with Crippen LogP contribution in [0.2, 0.25) is 0 Å². The fraction of sp³-hybridized carbons (Fsp3) is 0.538. The van der Waals surface area contributed by atoms with E-state index in [0.717, 1.165) is 35.5 Å². The minimum atomic E-state index is -0.709. The summed E-state index contributed by atoms with van der Waals surface area (Å²) in [7, 11) is 1.65. The van der Waals surface area contributed by atoms with E-state index in [9.17, 15) is 0 Å². The van der Waals surface area contributed by atoms with Crippen molar-refractivity contribution in [3.8, 4) is 23.0 Å². The van der Waals surface area contributed by atoms with Gasteiger partial charge in [0, 0.05) is 22.5 Å². The zero-order chi connectivity index (χ0) is 24.1. The highest BCUT2D eigenvalue weighted by atomic mass is 32.2. The number of unbranched alkanes of at least 4 members (excludes halogenated alkanes) is 1. The Hall–Kier alpha value is -1.70. The van der Waals surface area contributed by atoms with Crippen LogP contribution in [0.25, 0.3) is 0 Å². The standard InChI is InChI=1S/C26H38O5S2/c1-7-11-18-30-23-21(19-22(27-6)24(28-9-3)25(23)29-17-8-2)26(5,32-10-4)31-33-20-15-13-12-14-16-20/h12-16,19H,7-11,17-18H2,1-6H3. The van der Waals surface area contributed by atoms with Gasteiger partial charge < -0.3 is 18.9 Å². The van der Waals surface area contributed by atoms with Gasteiger partial charge in [-0.15, -0.1) is 11.8 Å². The molecule has 0 fully saturated rings. The topological polar surface area (TPSA) is 46.2 Å². The second-order valence-corrected chi connectivity index (χ2v) is 9.91. The molecule has 0 N–H and O–H groups in total. The van der Waals surface area contributed by atoms with E-state index < -0.39 is 4.93 Å². The SMILES string of the molecule is CCCCOc1c(C(C)(OSc2ccccc2)SCC)cc(OC)c(OCC)c1OCCC. The maximum atomic E-state index is 6.50. The van der Waals surface area contributed by atoms with Crippen LogP contribution in [0.1, 0.15) is 59.4 Å². The molecule has 1 unspecified atom stereocenters. The molecule has 5 nitrogen and oxygen atoms in total. The monoisotopic (exact) mass is 494 g/mol. The van der Waals surface area contributed by atoms with Gasteiger partial charge in [0.2, 0.25) is 11.5 Å². The molecule has 0 aliphatic heterocycles. The number of hydrogen-bond donors (Lipinski definition) is 0. The largest absolute Gasteiger partial charge is 0.493 e. The van der Waals surface area contributed by atoms with Gasteiger partial charge in [-0.2, -0.15) is 0 Å². The summed E-state index contributed by atoms with van der Waals surface area (Å²) >= 11 is 3.06. The number of ether oxygens (including phenoxy) is 4. The summed E-state index contributed by atoms with van der Waals surface area (Å²) in [5.41, 5.74) is 0.875. The van der Waals surface area contributed by atoms with Crippen molar-refractivity contribution in [3.05, 3.63) is 42.0 Å². The van der Waals surface area contributed by atoms with Crippen LogP contribution >= 0.6 is 23.8 Å². The van der Waals surface area contributed by atoms with Crippen molar-refractivity contribution in [1.82, 2.24) is 0 Å². The van der Waals surface area contributed by atoms with Crippen molar-refractivity contribution in [2.75, 3.05) is 32.7 Å². The molecule has 2 aromatic rings. The summed E-state index contributed by atoms with van der Waals surface area (Å²) in [5.74, 6) is 3.29. The fourth-order valence-electron chi connectivity index (χ4n) is 3.19. The third-order valence-electron chi connectivity index (χ3n) is 4.81. The van der Waals surface area contributed by atoms with Gasteiger partial charge >= 0.3 is 0 Å². The molecule has 2 aromatic carbocycles. The van der Waals surface area contributed by atoms with Crippen molar-refractivity contribution in [3.63, 3.8) is 0 Å². The van der Waals surface area contributed by atoms with Gasteiger partial charge in [0.25, 0.3) is 0 Å². The molecule has 0 amide bonds. The molecule has 2 rings (SSSR count). The van der Waals surface area contributed by atoms with E-state index in [0.29, 0.717) is 42.8 Å². The molecule has 1 atom stereocenters. The van der Waals surface area contributed by atoms with Gasteiger partial charge in [0.1, 0.15) is 0 Å². The molecule has 0 aliphatic carbocycles. The average Bonchev–Trinajstić information content (AvgIpc) is 2.83. The van der Waals surface area contributed by atoms with E-state index >= 15 is 0 Å². The zero-order valence-corrected chi connectivity index (χ0v) is 22.4. The van der Waals surface area contributed by atoms with Crippen LogP contribution in [0.4, 0.5) is 0 Å². The molecular weight excluding hydrogens is 456 g/mol. The third kappa shape index (κ3) is 7.66. The Morgan fingerprint density at radius 2 is 1.58 bits per heavy atom. The minimum absolute atomic E-state index is 0.494. The van der Waals surface area contributed by atoms with Crippen molar-refractivity contribution in [1.29, 1.82) is 0 Å². The molecule has 7 heteroatoms. The van der Waals surface area contributed by atoms with Crippen LogP contribution in [0.3, 0.4) is 0 Å². The van der Waals surface area contributed by atoms with Gasteiger partial charge in [-0.05, 0) is 50.6 Å². The Balaban J connectivity index is 2.62. The maximum absolute atomic E-state index is 6.50. The highest BCUT2D eigenvalue weighted by Gasteiger charge is 2.37. The number of hydrogen-bond acceptors (Lipinski definition) is 7. The summed E-state index contributed by atoms with van der Waals surface area (Å²) in [5, 5.41) is 0. The summed E-state index contributed by atoms with van der Waals surface area (Å²) in [6.07, 6.45) is 2.85. The molecular formula is C26H38O5S2. The first-order valence-corrected chi connectivity index (χ1v) is 13.5. The minimum Gasteiger partial charge on any atom is -0.493 e. The van der Waals surface area contributed by atoms with Crippen molar-refractivity contribution in [2.24, 2.45) is 0 Å². The van der Waals surface area contributed by atoms with Crippen molar-refractivity contribution in [2.45, 2.75) is 63.7 Å². The fourth-order valence-corrected chi connectivity index (χ4v) is 4.96. The van der Waals surface area contributed by atoms with Gasteiger partial charge in [-0.1, -0.05) is 45.4 Å². The number of thioether (sulfide) groups is 1. The van der Waals surface area contributed by atoms with Crippen LogP contribution < -0.4 is 18.9 Å². The molecule has 0 aromatic heterocycles. The molecule has 0 heterocycles. The summed E-state index contributed by atoms with van der Waals surface area (Å²) in [4.78, 5) is 0.327. The highest BCUT2D eigenvalue weighted by molar-refractivity contribution is 8.01. The lowest BCUT2D eigenvalue weighted by Crippen LogP contribution is -2.22. The third-order valence-corrected chi connectivity index (χ3v) is 6.94. The van der Waals surface area contributed by atoms with E-state index in [2.05, 4.69) is 27.7 Å². The predicted octanol–water partition coefficient (Wildman–Crippen LogP) is 7.71. The second-order valence-electron chi connectivity index (χ2n) is 7.46. The van der Waals surface area contributed by atoms with Gasteiger partial charge in [0.15, 0.2) is 16.4 Å². The average molecular weight is 495 g/mol. The molecule has 0 bridgehead atoms. The smallest absolute Gasteiger partial charge is 0.207 e. The first-order chi connectivity index (χ1) is 16.0. The lowest BCUT2D eigenvalue weighted by Gasteiger charge is -2.32. The molecule has 0 saturated heterocycles. The van der Waals surface area contributed by atoms with Crippen LogP contribution in [0.15, 0.2) is 41.3 Å². The van der Waals surface area contributed by atoms with Crippen LogP contribution in [-0.4, -0.2) is 32.7 Å². The number of rotatable bonds is 16. The van der Waals surface area contributed by atoms with E-state index in [1.54, 1.807) is 18.9 Å². The quantitative estimate of drug-likeness (QED) is 0.134. The molecule has 0 spiro atoms. The van der Waals surface area contributed by atoms with Crippen LogP contribution in [0.5, 0.6) is 23.0 Å². The Kier molecular flexibility index (Phi) is 12.1. The van der Waals surface area contributed by atoms with Gasteiger partial charge in [-0.3, -0.25) is 4.18 Å². The Morgan fingerprint density at radius 1 is 0.848 bits per heavy atom. The molecule has 33 heavy (non-hydrogen) atoms. The van der Waals surface area contributed by atoms with Gasteiger partial charge in [-0.25, -0.2) is 0 Å². The Labute approximate surface area is 208 Å². The summed E-state index contributed by atoms with van der Waals surface area (Å²) < 4.78 is 30.8. The van der Waals surface area contributed by atoms with E-state index in [1.165, 1.54) is 12.0 Å². The summed E-state index contributed by atoms with van der Waals surface area (Å²) in [6, 6.07) is 12.1. The van der Waals surface area contributed by atoms with E-state index in [1.807, 2.05) is 43.3 Å². The molecule has 0 radical (unpaired) electrons. The molecule has 184 valence electrons. The zero-order valence-electron chi connectivity index (χ0n) is 20.8. The Morgan fingerprint density at radius 3 is 2.18 bits per heavy atom. The predicted molar refractivity (Wildman–Crippen MR) is 139 cm³/mol. The van der Waals surface area contributed by atoms with Gasteiger partial charge in [0.05, 0.1) is 26.9 Å². The van der Waals surface area contributed by atoms with Crippen LogP contribution in [-0.2, 0) is 9.12 Å². The van der Waals surface area contributed by atoms with Crippen molar-refractivity contribution < 1.29 is 23.1 Å². The number of benzene rings is 2. The molecule has 0 saturated carbocycles. The number of methoxy groups -OCH3 is 1. The lowest BCUT2D eigenvalue weighted by atomic mass is 10.1. The second kappa shape index (κ2) is 14.5. The van der Waals surface area contributed by atoms with Crippen LogP contribution in [0, 0.1) is 0 Å². The highest BCUT2D eigenvalue weighted by Crippen LogP contribution is 2.54.